The van der Waals surface area contributed by atoms with E-state index in [9.17, 15) is 9.59 Å². The zero-order valence-electron chi connectivity index (χ0n) is 15.6. The topological polar surface area (TPSA) is 81.9 Å². The van der Waals surface area contributed by atoms with Crippen LogP contribution >= 0.6 is 23.2 Å². The average Bonchev–Trinajstić information content (AvgIpc) is 3.06. The normalized spacial score (nSPS) is 11.2. The minimum atomic E-state index is -0.541. The lowest BCUT2D eigenvalue weighted by Gasteiger charge is -2.11. The lowest BCUT2D eigenvalue weighted by atomic mass is 10.1. The standard InChI is InChI=1S/C20H16Cl2N4O3/c1-25-19(27)15-17(13-4-3-5-14(21)16(13)22)26(24-18(15)23-20(25)28)10-11-6-8-12(29-2)9-7-11/h3-9H,10H2,1-2H3,(H,23,24,28). The van der Waals surface area contributed by atoms with Gasteiger partial charge in [-0.05, 0) is 23.8 Å². The van der Waals surface area contributed by atoms with E-state index >= 15 is 0 Å². The molecular formula is C20H16Cl2N4O3. The first-order valence-corrected chi connectivity index (χ1v) is 9.43. The van der Waals surface area contributed by atoms with Gasteiger partial charge in [-0.25, -0.2) is 4.79 Å². The number of rotatable bonds is 4. The summed E-state index contributed by atoms with van der Waals surface area (Å²) in [5, 5.41) is 5.41. The Labute approximate surface area is 175 Å². The molecule has 0 saturated heterocycles. The van der Waals surface area contributed by atoms with Crippen molar-refractivity contribution in [3.05, 3.63) is 78.9 Å². The van der Waals surface area contributed by atoms with E-state index in [1.165, 1.54) is 7.05 Å². The number of hydrogen-bond acceptors (Lipinski definition) is 4. The van der Waals surface area contributed by atoms with Crippen LogP contribution in [-0.4, -0.2) is 26.4 Å². The number of nitrogens with one attached hydrogen (secondary N) is 1. The third kappa shape index (κ3) is 3.32. The number of H-pyrrole nitrogens is 1. The van der Waals surface area contributed by atoms with Gasteiger partial charge in [0.05, 0.1) is 29.4 Å². The number of fused-ring (bicyclic) bond motifs is 1. The van der Waals surface area contributed by atoms with Gasteiger partial charge in [0.1, 0.15) is 11.1 Å². The van der Waals surface area contributed by atoms with E-state index in [0.717, 1.165) is 15.9 Å². The molecule has 7 nitrogen and oxygen atoms in total. The van der Waals surface area contributed by atoms with Gasteiger partial charge in [-0.1, -0.05) is 47.5 Å². The van der Waals surface area contributed by atoms with E-state index in [1.807, 2.05) is 24.3 Å². The fourth-order valence-corrected chi connectivity index (χ4v) is 3.57. The van der Waals surface area contributed by atoms with Crippen LogP contribution in [0.1, 0.15) is 5.56 Å². The highest BCUT2D eigenvalue weighted by molar-refractivity contribution is 6.43. The monoisotopic (exact) mass is 430 g/mol. The Morgan fingerprint density at radius 1 is 1.10 bits per heavy atom. The highest BCUT2D eigenvalue weighted by Crippen LogP contribution is 2.36. The van der Waals surface area contributed by atoms with Crippen LogP contribution < -0.4 is 16.0 Å². The van der Waals surface area contributed by atoms with E-state index in [4.69, 9.17) is 27.9 Å². The molecule has 0 saturated carbocycles. The summed E-state index contributed by atoms with van der Waals surface area (Å²) in [7, 11) is 3.01. The molecule has 2 aromatic carbocycles. The molecular weight excluding hydrogens is 415 g/mol. The predicted octanol–water partition coefficient (Wildman–Crippen LogP) is 3.45. The zero-order chi connectivity index (χ0) is 20.7. The Morgan fingerprint density at radius 2 is 1.83 bits per heavy atom. The van der Waals surface area contributed by atoms with Gasteiger partial charge in [0.15, 0.2) is 5.65 Å². The average molecular weight is 431 g/mol. The fourth-order valence-electron chi connectivity index (χ4n) is 3.18. The van der Waals surface area contributed by atoms with Gasteiger partial charge in [-0.3, -0.25) is 19.0 Å². The van der Waals surface area contributed by atoms with E-state index in [2.05, 4.69) is 10.1 Å². The molecule has 0 radical (unpaired) electrons. The molecule has 2 aromatic heterocycles. The quantitative estimate of drug-likeness (QED) is 0.537. The number of methoxy groups -OCH3 is 1. The Balaban J connectivity index is 2.00. The lowest BCUT2D eigenvalue weighted by molar-refractivity contribution is 0.414. The fraction of sp³-hybridized carbons (Fsp3) is 0.150. The Morgan fingerprint density at radius 3 is 2.52 bits per heavy atom. The summed E-state index contributed by atoms with van der Waals surface area (Å²) in [5.41, 5.74) is 1.16. The van der Waals surface area contributed by atoms with Gasteiger partial charge in [-0.15, -0.1) is 0 Å². The zero-order valence-corrected chi connectivity index (χ0v) is 17.1. The first-order valence-electron chi connectivity index (χ1n) is 8.68. The molecule has 0 atom stereocenters. The van der Waals surface area contributed by atoms with Crippen molar-refractivity contribution in [2.75, 3.05) is 7.11 Å². The molecule has 0 spiro atoms. The smallest absolute Gasteiger partial charge is 0.329 e. The van der Waals surface area contributed by atoms with Gasteiger partial charge in [0, 0.05) is 12.6 Å². The van der Waals surface area contributed by atoms with Crippen molar-refractivity contribution in [3.63, 3.8) is 0 Å². The lowest BCUT2D eigenvalue weighted by Crippen LogP contribution is -2.32. The maximum absolute atomic E-state index is 12.9. The highest BCUT2D eigenvalue weighted by atomic mass is 35.5. The number of benzene rings is 2. The Hall–Kier alpha value is -3.03. The minimum absolute atomic E-state index is 0.192. The summed E-state index contributed by atoms with van der Waals surface area (Å²) < 4.78 is 7.84. The molecule has 1 N–H and O–H groups in total. The Kier molecular flexibility index (Phi) is 4.94. The second-order valence-corrected chi connectivity index (χ2v) is 7.26. The molecule has 2 heterocycles. The number of aromatic nitrogens is 4. The first kappa shape index (κ1) is 19.3. The molecule has 0 amide bonds. The van der Waals surface area contributed by atoms with Crippen LogP contribution in [0.3, 0.4) is 0 Å². The maximum atomic E-state index is 12.9. The maximum Gasteiger partial charge on any atom is 0.329 e. The number of ether oxygens (including phenoxy) is 1. The summed E-state index contributed by atoms with van der Waals surface area (Å²) in [6, 6.07) is 12.7. The largest absolute Gasteiger partial charge is 0.497 e. The number of halogens is 2. The summed E-state index contributed by atoms with van der Waals surface area (Å²) in [6.45, 7) is 0.349. The van der Waals surface area contributed by atoms with Gasteiger partial charge in [0.25, 0.3) is 5.56 Å². The van der Waals surface area contributed by atoms with Crippen LogP contribution in [0.2, 0.25) is 10.0 Å². The molecule has 29 heavy (non-hydrogen) atoms. The minimum Gasteiger partial charge on any atom is -0.497 e. The van der Waals surface area contributed by atoms with Crippen molar-refractivity contribution in [2.45, 2.75) is 6.54 Å². The molecule has 4 rings (SSSR count). The summed E-state index contributed by atoms with van der Waals surface area (Å²) in [5.74, 6) is 0.732. The molecule has 0 aliphatic carbocycles. The Bertz CT molecular complexity index is 1340. The van der Waals surface area contributed by atoms with Crippen molar-refractivity contribution >= 4 is 34.2 Å². The van der Waals surface area contributed by atoms with E-state index in [0.29, 0.717) is 27.8 Å². The van der Waals surface area contributed by atoms with E-state index in [1.54, 1.807) is 30.0 Å². The van der Waals surface area contributed by atoms with E-state index in [-0.39, 0.29) is 11.0 Å². The summed E-state index contributed by atoms with van der Waals surface area (Å²) >= 11 is 12.7. The molecule has 9 heteroatoms. The van der Waals surface area contributed by atoms with Crippen LogP contribution in [0.5, 0.6) is 5.75 Å². The molecule has 0 aliphatic rings. The third-order valence-corrected chi connectivity index (χ3v) is 5.52. The predicted molar refractivity (Wildman–Crippen MR) is 113 cm³/mol. The molecule has 4 aromatic rings. The second-order valence-electron chi connectivity index (χ2n) is 6.47. The number of hydrogen-bond donors (Lipinski definition) is 1. The third-order valence-electron chi connectivity index (χ3n) is 4.70. The van der Waals surface area contributed by atoms with Crippen molar-refractivity contribution in [1.29, 1.82) is 0 Å². The molecule has 0 unspecified atom stereocenters. The van der Waals surface area contributed by atoms with Crippen LogP contribution in [0.4, 0.5) is 0 Å². The van der Waals surface area contributed by atoms with Gasteiger partial charge >= 0.3 is 5.69 Å². The molecule has 0 aliphatic heterocycles. The summed E-state index contributed by atoms with van der Waals surface area (Å²) in [4.78, 5) is 27.6. The van der Waals surface area contributed by atoms with Crippen molar-refractivity contribution in [2.24, 2.45) is 7.05 Å². The van der Waals surface area contributed by atoms with Crippen molar-refractivity contribution in [3.8, 4) is 17.0 Å². The van der Waals surface area contributed by atoms with Crippen molar-refractivity contribution < 1.29 is 4.74 Å². The summed E-state index contributed by atoms with van der Waals surface area (Å²) in [6.07, 6.45) is 0. The highest BCUT2D eigenvalue weighted by Gasteiger charge is 2.21. The number of nitrogens with zero attached hydrogens (tertiary/aromatic N) is 3. The van der Waals surface area contributed by atoms with Crippen molar-refractivity contribution in [1.82, 2.24) is 19.3 Å². The molecule has 0 bridgehead atoms. The van der Waals surface area contributed by atoms with E-state index < -0.39 is 11.2 Å². The number of aromatic amines is 1. The van der Waals surface area contributed by atoms with Crippen LogP contribution in [0, 0.1) is 0 Å². The van der Waals surface area contributed by atoms with Gasteiger partial charge in [0.2, 0.25) is 0 Å². The first-order chi connectivity index (χ1) is 13.9. The second kappa shape index (κ2) is 7.42. The van der Waals surface area contributed by atoms with Crippen LogP contribution in [0.25, 0.3) is 22.3 Å². The van der Waals surface area contributed by atoms with Crippen LogP contribution in [0.15, 0.2) is 52.1 Å². The van der Waals surface area contributed by atoms with Crippen LogP contribution in [-0.2, 0) is 13.6 Å². The molecule has 148 valence electrons. The van der Waals surface area contributed by atoms with Gasteiger partial charge in [-0.2, -0.15) is 5.10 Å². The SMILES string of the molecule is COc1ccc(Cn2nc3[nH]c(=O)n(C)c(=O)c3c2-c2cccc(Cl)c2Cl)cc1. The molecule has 0 fully saturated rings. The van der Waals surface area contributed by atoms with Gasteiger partial charge < -0.3 is 4.74 Å².